The van der Waals surface area contributed by atoms with Crippen LogP contribution in [0.2, 0.25) is 0 Å². The number of nitrogens with one attached hydrogen (secondary N) is 1. The van der Waals surface area contributed by atoms with Crippen molar-refractivity contribution in [3.8, 4) is 0 Å². The molecule has 2 aromatic heterocycles. The van der Waals surface area contributed by atoms with Crippen molar-refractivity contribution >= 4 is 11.8 Å². The fraction of sp³-hybridized carbons (Fsp3) is 0.182. The molecule has 0 fully saturated rings. The van der Waals surface area contributed by atoms with Crippen molar-refractivity contribution in [2.45, 2.75) is 13.0 Å². The number of hydrogen-bond donors (Lipinski definition) is 2. The van der Waals surface area contributed by atoms with E-state index in [1.807, 2.05) is 19.1 Å². The summed E-state index contributed by atoms with van der Waals surface area (Å²) in [6.07, 6.45) is 4.40. The first-order chi connectivity index (χ1) is 8.16. The number of nitrogens with two attached hydrogens (primary N) is 1. The van der Waals surface area contributed by atoms with Crippen molar-refractivity contribution in [3.05, 3.63) is 42.1 Å². The Labute approximate surface area is 97.9 Å². The molecule has 0 aliphatic heterocycles. The molecular weight excluding hydrogens is 221 g/mol. The number of nitrogens with zero attached hydrogens (tertiary/aromatic N) is 3. The number of aromatic nitrogens is 3. The van der Waals surface area contributed by atoms with Gasteiger partial charge >= 0.3 is 0 Å². The normalized spacial score (nSPS) is 12.1. The van der Waals surface area contributed by atoms with E-state index < -0.39 is 5.82 Å². The lowest BCUT2D eigenvalue weighted by molar-refractivity contribution is 0.614. The fourth-order valence-corrected chi connectivity index (χ4v) is 1.42. The lowest BCUT2D eigenvalue weighted by atomic mass is 10.1. The van der Waals surface area contributed by atoms with Gasteiger partial charge in [0.2, 0.25) is 5.95 Å². The predicted molar refractivity (Wildman–Crippen MR) is 62.7 cm³/mol. The second-order valence-electron chi connectivity index (χ2n) is 3.57. The van der Waals surface area contributed by atoms with Gasteiger partial charge < -0.3 is 11.1 Å². The Kier molecular flexibility index (Phi) is 3.13. The van der Waals surface area contributed by atoms with Gasteiger partial charge in [0.1, 0.15) is 0 Å². The maximum Gasteiger partial charge on any atom is 0.222 e. The summed E-state index contributed by atoms with van der Waals surface area (Å²) in [5, 5.41) is 2.93. The highest BCUT2D eigenvalue weighted by Crippen LogP contribution is 2.19. The molecule has 1 atom stereocenters. The van der Waals surface area contributed by atoms with E-state index in [0.29, 0.717) is 0 Å². The summed E-state index contributed by atoms with van der Waals surface area (Å²) in [5.74, 6) is -0.391. The van der Waals surface area contributed by atoms with Crippen molar-refractivity contribution in [2.75, 3.05) is 11.1 Å². The molecule has 3 N–H and O–H groups in total. The Morgan fingerprint density at radius 1 is 1.35 bits per heavy atom. The van der Waals surface area contributed by atoms with Crippen LogP contribution in [0.3, 0.4) is 0 Å². The SMILES string of the molecule is CC(Nc1nc(N)ncc1F)c1ccncc1. The molecule has 0 bridgehead atoms. The van der Waals surface area contributed by atoms with Crippen LogP contribution in [0.15, 0.2) is 30.7 Å². The summed E-state index contributed by atoms with van der Waals surface area (Å²) in [6, 6.07) is 3.60. The summed E-state index contributed by atoms with van der Waals surface area (Å²) >= 11 is 0. The van der Waals surface area contributed by atoms with Crippen molar-refractivity contribution in [3.63, 3.8) is 0 Å². The fourth-order valence-electron chi connectivity index (χ4n) is 1.42. The number of pyridine rings is 1. The number of nitrogen functional groups attached to an aromatic ring is 1. The number of halogens is 1. The van der Waals surface area contributed by atoms with Crippen LogP contribution in [0.4, 0.5) is 16.2 Å². The molecule has 0 radical (unpaired) electrons. The van der Waals surface area contributed by atoms with Crippen molar-refractivity contribution in [1.29, 1.82) is 0 Å². The Bertz CT molecular complexity index is 502. The zero-order valence-corrected chi connectivity index (χ0v) is 9.26. The maximum atomic E-state index is 13.4. The van der Waals surface area contributed by atoms with Crippen LogP contribution >= 0.6 is 0 Å². The van der Waals surface area contributed by atoms with Crippen LogP contribution in [0.25, 0.3) is 0 Å². The molecule has 0 amide bonds. The number of hydrogen-bond acceptors (Lipinski definition) is 5. The van der Waals surface area contributed by atoms with Gasteiger partial charge in [-0.05, 0) is 24.6 Å². The molecule has 2 rings (SSSR count). The van der Waals surface area contributed by atoms with Crippen molar-refractivity contribution < 1.29 is 4.39 Å². The van der Waals surface area contributed by atoms with Crippen LogP contribution < -0.4 is 11.1 Å². The van der Waals surface area contributed by atoms with Crippen LogP contribution in [0.1, 0.15) is 18.5 Å². The first-order valence-corrected chi connectivity index (χ1v) is 5.11. The molecule has 17 heavy (non-hydrogen) atoms. The molecule has 6 heteroatoms. The predicted octanol–water partition coefficient (Wildman–Crippen LogP) is 1.77. The van der Waals surface area contributed by atoms with E-state index in [9.17, 15) is 4.39 Å². The topological polar surface area (TPSA) is 76.7 Å². The van der Waals surface area contributed by atoms with Gasteiger partial charge in [0, 0.05) is 12.4 Å². The number of anilines is 2. The van der Waals surface area contributed by atoms with Crippen molar-refractivity contribution in [1.82, 2.24) is 15.0 Å². The van der Waals surface area contributed by atoms with E-state index in [0.717, 1.165) is 11.8 Å². The molecular formula is C11H12FN5. The molecule has 0 saturated heterocycles. The third-order valence-electron chi connectivity index (χ3n) is 2.32. The van der Waals surface area contributed by atoms with E-state index in [1.165, 1.54) is 0 Å². The Hall–Kier alpha value is -2.24. The van der Waals surface area contributed by atoms with Crippen molar-refractivity contribution in [2.24, 2.45) is 0 Å². The van der Waals surface area contributed by atoms with Gasteiger partial charge in [0.25, 0.3) is 0 Å². The van der Waals surface area contributed by atoms with Gasteiger partial charge in [0.15, 0.2) is 11.6 Å². The van der Waals surface area contributed by atoms with Gasteiger partial charge in [0.05, 0.1) is 12.2 Å². The molecule has 0 aliphatic carbocycles. The summed E-state index contributed by atoms with van der Waals surface area (Å²) in [4.78, 5) is 11.3. The van der Waals surface area contributed by atoms with Crippen LogP contribution in [-0.2, 0) is 0 Å². The van der Waals surface area contributed by atoms with Gasteiger partial charge in [-0.3, -0.25) is 4.98 Å². The molecule has 0 aliphatic rings. The molecule has 0 saturated carbocycles. The average Bonchev–Trinajstić information content (AvgIpc) is 2.35. The Balaban J connectivity index is 2.18. The Morgan fingerprint density at radius 2 is 2.06 bits per heavy atom. The minimum atomic E-state index is -0.528. The minimum absolute atomic E-state index is 0.0378. The van der Waals surface area contributed by atoms with E-state index in [4.69, 9.17) is 5.73 Å². The van der Waals surface area contributed by atoms with Gasteiger partial charge in [-0.25, -0.2) is 9.37 Å². The van der Waals surface area contributed by atoms with Gasteiger partial charge in [-0.2, -0.15) is 4.98 Å². The second-order valence-corrected chi connectivity index (χ2v) is 3.57. The summed E-state index contributed by atoms with van der Waals surface area (Å²) in [5.41, 5.74) is 6.39. The van der Waals surface area contributed by atoms with Gasteiger partial charge in [-0.1, -0.05) is 0 Å². The summed E-state index contributed by atoms with van der Waals surface area (Å²) < 4.78 is 13.4. The monoisotopic (exact) mass is 233 g/mol. The second kappa shape index (κ2) is 4.73. The zero-order chi connectivity index (χ0) is 12.3. The first-order valence-electron chi connectivity index (χ1n) is 5.11. The molecule has 0 spiro atoms. The summed E-state index contributed by atoms with van der Waals surface area (Å²) in [7, 11) is 0. The quantitative estimate of drug-likeness (QED) is 0.844. The highest BCUT2D eigenvalue weighted by atomic mass is 19.1. The smallest absolute Gasteiger partial charge is 0.222 e. The molecule has 2 heterocycles. The third kappa shape index (κ3) is 2.66. The highest BCUT2D eigenvalue weighted by Gasteiger charge is 2.10. The Morgan fingerprint density at radius 3 is 2.76 bits per heavy atom. The number of rotatable bonds is 3. The highest BCUT2D eigenvalue weighted by molar-refractivity contribution is 5.41. The zero-order valence-electron chi connectivity index (χ0n) is 9.26. The summed E-state index contributed by atoms with van der Waals surface area (Å²) in [6.45, 7) is 1.90. The lowest BCUT2D eigenvalue weighted by Gasteiger charge is -2.14. The van der Waals surface area contributed by atoms with E-state index in [-0.39, 0.29) is 17.8 Å². The first kappa shape index (κ1) is 11.3. The molecule has 88 valence electrons. The third-order valence-corrected chi connectivity index (χ3v) is 2.32. The molecule has 1 unspecified atom stereocenters. The average molecular weight is 233 g/mol. The standard InChI is InChI=1S/C11H12FN5/c1-7(8-2-4-14-5-3-8)16-10-9(12)6-15-11(13)17-10/h2-7H,1H3,(H3,13,15,16,17). The molecule has 0 aromatic carbocycles. The van der Waals surface area contributed by atoms with Gasteiger partial charge in [-0.15, -0.1) is 0 Å². The van der Waals surface area contributed by atoms with E-state index in [1.54, 1.807) is 12.4 Å². The lowest BCUT2D eigenvalue weighted by Crippen LogP contribution is -2.11. The molecule has 5 nitrogen and oxygen atoms in total. The van der Waals surface area contributed by atoms with E-state index in [2.05, 4.69) is 20.3 Å². The minimum Gasteiger partial charge on any atom is -0.368 e. The van der Waals surface area contributed by atoms with Crippen LogP contribution in [-0.4, -0.2) is 15.0 Å². The van der Waals surface area contributed by atoms with Crippen LogP contribution in [0, 0.1) is 5.82 Å². The largest absolute Gasteiger partial charge is 0.368 e. The maximum absolute atomic E-state index is 13.4. The van der Waals surface area contributed by atoms with E-state index >= 15 is 0 Å². The molecule has 2 aromatic rings. The van der Waals surface area contributed by atoms with Crippen LogP contribution in [0.5, 0.6) is 0 Å².